The normalized spacial score (nSPS) is 10.8. The van der Waals surface area contributed by atoms with Crippen LogP contribution in [0.1, 0.15) is 33.3 Å². The number of nitrogens with one attached hydrogen (secondary N) is 1. The van der Waals surface area contributed by atoms with Gasteiger partial charge in [-0.2, -0.15) is 0 Å². The Hall–Kier alpha value is -2.69. The molecule has 5 heteroatoms. The van der Waals surface area contributed by atoms with Crippen LogP contribution < -0.4 is 5.32 Å². The highest BCUT2D eigenvalue weighted by molar-refractivity contribution is 5.95. The Labute approximate surface area is 128 Å². The number of aromatic nitrogens is 1. The fourth-order valence-corrected chi connectivity index (χ4v) is 2.51. The van der Waals surface area contributed by atoms with Gasteiger partial charge in [-0.1, -0.05) is 0 Å². The lowest BCUT2D eigenvalue weighted by Gasteiger charge is -2.08. The number of furan rings is 2. The minimum Gasteiger partial charge on any atom is -0.467 e. The van der Waals surface area contributed by atoms with E-state index in [0.717, 1.165) is 22.9 Å². The Bertz CT molecular complexity index is 752. The fourth-order valence-electron chi connectivity index (χ4n) is 2.51. The van der Waals surface area contributed by atoms with Gasteiger partial charge < -0.3 is 18.7 Å². The first kappa shape index (κ1) is 14.3. The van der Waals surface area contributed by atoms with Gasteiger partial charge in [0.2, 0.25) is 0 Å². The maximum absolute atomic E-state index is 12.3. The van der Waals surface area contributed by atoms with Gasteiger partial charge in [0.25, 0.3) is 5.91 Å². The third kappa shape index (κ3) is 2.83. The van der Waals surface area contributed by atoms with E-state index in [2.05, 4.69) is 9.88 Å². The van der Waals surface area contributed by atoms with Crippen molar-refractivity contribution in [3.8, 4) is 0 Å². The molecule has 22 heavy (non-hydrogen) atoms. The van der Waals surface area contributed by atoms with Gasteiger partial charge >= 0.3 is 0 Å². The standard InChI is InChI=1S/C17H18N2O3/c1-12-9-16(17(20)18-10-14-5-3-7-21-14)13(2)19(12)11-15-6-4-8-22-15/h3-9H,10-11H2,1-2H3,(H,18,20). The molecule has 0 fully saturated rings. The lowest BCUT2D eigenvalue weighted by Crippen LogP contribution is -2.23. The Kier molecular flexibility index (Phi) is 3.87. The van der Waals surface area contributed by atoms with Crippen molar-refractivity contribution in [2.24, 2.45) is 0 Å². The third-order valence-electron chi connectivity index (χ3n) is 3.72. The summed E-state index contributed by atoms with van der Waals surface area (Å²) in [6.45, 7) is 4.93. The van der Waals surface area contributed by atoms with Crippen molar-refractivity contribution in [2.45, 2.75) is 26.9 Å². The molecule has 3 heterocycles. The molecular formula is C17H18N2O3. The smallest absolute Gasteiger partial charge is 0.253 e. The molecule has 0 saturated heterocycles. The van der Waals surface area contributed by atoms with E-state index >= 15 is 0 Å². The summed E-state index contributed by atoms with van der Waals surface area (Å²) < 4.78 is 12.7. The zero-order valence-electron chi connectivity index (χ0n) is 12.6. The molecule has 0 aliphatic carbocycles. The van der Waals surface area contributed by atoms with Crippen LogP contribution in [0.4, 0.5) is 0 Å². The van der Waals surface area contributed by atoms with Gasteiger partial charge in [0, 0.05) is 11.4 Å². The number of aryl methyl sites for hydroxylation is 1. The SMILES string of the molecule is Cc1cc(C(=O)NCc2ccco2)c(C)n1Cc1ccco1. The summed E-state index contributed by atoms with van der Waals surface area (Å²) in [5.74, 6) is 1.50. The average Bonchev–Trinajstić information content (AvgIpc) is 3.23. The third-order valence-corrected chi connectivity index (χ3v) is 3.72. The molecule has 0 bridgehead atoms. The number of amides is 1. The maximum Gasteiger partial charge on any atom is 0.253 e. The zero-order chi connectivity index (χ0) is 15.5. The molecule has 5 nitrogen and oxygen atoms in total. The summed E-state index contributed by atoms with van der Waals surface area (Å²) in [6.07, 6.45) is 3.25. The molecule has 1 amide bonds. The Morgan fingerprint density at radius 1 is 1.14 bits per heavy atom. The van der Waals surface area contributed by atoms with Crippen LogP contribution in [0.25, 0.3) is 0 Å². The van der Waals surface area contributed by atoms with Gasteiger partial charge in [-0.05, 0) is 44.2 Å². The lowest BCUT2D eigenvalue weighted by atomic mass is 10.2. The molecule has 3 aromatic heterocycles. The highest BCUT2D eigenvalue weighted by atomic mass is 16.3. The van der Waals surface area contributed by atoms with Crippen molar-refractivity contribution in [3.63, 3.8) is 0 Å². The summed E-state index contributed by atoms with van der Waals surface area (Å²) >= 11 is 0. The summed E-state index contributed by atoms with van der Waals surface area (Å²) in [6, 6.07) is 9.32. The number of carbonyl (C=O) groups is 1. The maximum atomic E-state index is 12.3. The van der Waals surface area contributed by atoms with Crippen LogP contribution in [0, 0.1) is 13.8 Å². The first-order chi connectivity index (χ1) is 10.6. The molecule has 0 aromatic carbocycles. The molecule has 3 rings (SSSR count). The highest BCUT2D eigenvalue weighted by Crippen LogP contribution is 2.17. The van der Waals surface area contributed by atoms with Crippen LogP contribution in [-0.2, 0) is 13.1 Å². The van der Waals surface area contributed by atoms with Crippen molar-refractivity contribution in [1.82, 2.24) is 9.88 Å². The number of carbonyl (C=O) groups excluding carboxylic acids is 1. The monoisotopic (exact) mass is 298 g/mol. The van der Waals surface area contributed by atoms with E-state index in [0.29, 0.717) is 18.7 Å². The van der Waals surface area contributed by atoms with E-state index < -0.39 is 0 Å². The van der Waals surface area contributed by atoms with E-state index in [1.165, 1.54) is 0 Å². The Balaban J connectivity index is 1.75. The predicted molar refractivity (Wildman–Crippen MR) is 81.6 cm³/mol. The van der Waals surface area contributed by atoms with E-state index in [-0.39, 0.29) is 5.91 Å². The molecule has 0 unspecified atom stereocenters. The second kappa shape index (κ2) is 5.97. The zero-order valence-corrected chi connectivity index (χ0v) is 12.6. The molecule has 0 spiro atoms. The van der Waals surface area contributed by atoms with Crippen molar-refractivity contribution in [3.05, 3.63) is 71.3 Å². The quantitative estimate of drug-likeness (QED) is 0.786. The molecule has 3 aromatic rings. The molecule has 0 aliphatic rings. The second-order valence-corrected chi connectivity index (χ2v) is 5.21. The minimum atomic E-state index is -0.102. The van der Waals surface area contributed by atoms with Crippen LogP contribution in [0.3, 0.4) is 0 Å². The molecule has 1 N–H and O–H groups in total. The average molecular weight is 298 g/mol. The fraction of sp³-hybridized carbons (Fsp3) is 0.235. The second-order valence-electron chi connectivity index (χ2n) is 5.21. The van der Waals surface area contributed by atoms with E-state index in [1.807, 2.05) is 38.1 Å². The van der Waals surface area contributed by atoms with Gasteiger partial charge in [0.1, 0.15) is 11.5 Å². The summed E-state index contributed by atoms with van der Waals surface area (Å²) in [5, 5.41) is 2.87. The van der Waals surface area contributed by atoms with Crippen molar-refractivity contribution in [2.75, 3.05) is 0 Å². The van der Waals surface area contributed by atoms with Gasteiger partial charge in [0.05, 0.1) is 31.2 Å². The van der Waals surface area contributed by atoms with Crippen LogP contribution in [0.2, 0.25) is 0 Å². The lowest BCUT2D eigenvalue weighted by molar-refractivity contribution is 0.0947. The topological polar surface area (TPSA) is 60.3 Å². The van der Waals surface area contributed by atoms with Gasteiger partial charge in [-0.25, -0.2) is 0 Å². The highest BCUT2D eigenvalue weighted by Gasteiger charge is 2.16. The molecule has 0 aliphatic heterocycles. The number of nitrogens with zero attached hydrogens (tertiary/aromatic N) is 1. The first-order valence-electron chi connectivity index (χ1n) is 7.15. The Morgan fingerprint density at radius 2 is 1.82 bits per heavy atom. The van der Waals surface area contributed by atoms with E-state index in [1.54, 1.807) is 18.6 Å². The molecule has 0 atom stereocenters. The minimum absolute atomic E-state index is 0.102. The predicted octanol–water partition coefficient (Wildman–Crippen LogP) is 3.27. The molecular weight excluding hydrogens is 280 g/mol. The number of hydrogen-bond donors (Lipinski definition) is 1. The summed E-state index contributed by atoms with van der Waals surface area (Å²) in [7, 11) is 0. The molecule has 0 radical (unpaired) electrons. The first-order valence-corrected chi connectivity index (χ1v) is 7.15. The largest absolute Gasteiger partial charge is 0.467 e. The summed E-state index contributed by atoms with van der Waals surface area (Å²) in [5.41, 5.74) is 2.62. The van der Waals surface area contributed by atoms with Gasteiger partial charge in [-0.15, -0.1) is 0 Å². The van der Waals surface area contributed by atoms with Crippen molar-refractivity contribution < 1.29 is 13.6 Å². The Morgan fingerprint density at radius 3 is 2.45 bits per heavy atom. The van der Waals surface area contributed by atoms with E-state index in [9.17, 15) is 4.79 Å². The van der Waals surface area contributed by atoms with Gasteiger partial charge in [-0.3, -0.25) is 4.79 Å². The van der Waals surface area contributed by atoms with E-state index in [4.69, 9.17) is 8.83 Å². The number of rotatable bonds is 5. The van der Waals surface area contributed by atoms with Crippen LogP contribution in [0.15, 0.2) is 51.7 Å². The van der Waals surface area contributed by atoms with Crippen molar-refractivity contribution >= 4 is 5.91 Å². The van der Waals surface area contributed by atoms with Crippen LogP contribution in [0.5, 0.6) is 0 Å². The molecule has 114 valence electrons. The summed E-state index contributed by atoms with van der Waals surface area (Å²) in [4.78, 5) is 12.3. The van der Waals surface area contributed by atoms with Crippen LogP contribution in [-0.4, -0.2) is 10.5 Å². The van der Waals surface area contributed by atoms with Gasteiger partial charge in [0.15, 0.2) is 0 Å². The number of hydrogen-bond acceptors (Lipinski definition) is 3. The molecule has 0 saturated carbocycles. The van der Waals surface area contributed by atoms with Crippen molar-refractivity contribution in [1.29, 1.82) is 0 Å². The van der Waals surface area contributed by atoms with Crippen LogP contribution >= 0.6 is 0 Å².